The Morgan fingerprint density at radius 1 is 1.00 bits per heavy atom. The molecule has 0 spiro atoms. The molecule has 1 aliphatic carbocycles. The van der Waals surface area contributed by atoms with Gasteiger partial charge in [-0.2, -0.15) is 5.10 Å². The summed E-state index contributed by atoms with van der Waals surface area (Å²) in [7, 11) is 1.77. The fourth-order valence-electron chi connectivity index (χ4n) is 7.30. The van der Waals surface area contributed by atoms with E-state index in [0.29, 0.717) is 29.7 Å². The van der Waals surface area contributed by atoms with Crippen molar-refractivity contribution in [2.45, 2.75) is 84.1 Å². The molecule has 2 saturated heterocycles. The number of anilines is 1. The number of methoxy groups -OCH3 is 1. The number of benzene rings is 1. The molecule has 4 N–H and O–H groups in total. The maximum atomic E-state index is 13.6. The zero-order valence-electron chi connectivity index (χ0n) is 31.4. The first kappa shape index (κ1) is 36.4. The van der Waals surface area contributed by atoms with E-state index in [0.717, 1.165) is 93.4 Å². The van der Waals surface area contributed by atoms with Crippen molar-refractivity contribution in [3.05, 3.63) is 77.9 Å². The van der Waals surface area contributed by atoms with Crippen molar-refractivity contribution in [3.63, 3.8) is 0 Å². The number of nitrogens with two attached hydrogens (primary N) is 1. The Balaban J connectivity index is 1.03. The van der Waals surface area contributed by atoms with Crippen molar-refractivity contribution < 1.29 is 14.3 Å². The molecule has 2 aliphatic heterocycles. The maximum absolute atomic E-state index is 13.6. The van der Waals surface area contributed by atoms with E-state index in [1.807, 2.05) is 66.5 Å². The predicted octanol–water partition coefficient (Wildman–Crippen LogP) is 5.51. The van der Waals surface area contributed by atoms with Gasteiger partial charge in [-0.15, -0.1) is 10.2 Å². The number of nitrogens with zero attached hydrogens (tertiary/aromatic N) is 8. The number of allylic oxidation sites excluding steroid dienone is 1. The number of carbonyl (C=O) groups is 1. The molecule has 7 rings (SSSR count). The minimum Gasteiger partial charge on any atom is -0.484 e. The number of urea groups is 1. The second kappa shape index (κ2) is 16.0. The molecule has 0 saturated carbocycles. The molecule has 53 heavy (non-hydrogen) atoms. The van der Waals surface area contributed by atoms with Crippen molar-refractivity contribution in [1.29, 1.82) is 0 Å². The normalized spacial score (nSPS) is 21.5. The van der Waals surface area contributed by atoms with Gasteiger partial charge in [-0.05, 0) is 61.8 Å². The number of piperidine rings is 1. The lowest BCUT2D eigenvalue weighted by Crippen LogP contribution is -2.42. The van der Waals surface area contributed by atoms with Crippen LogP contribution in [0.5, 0.6) is 5.75 Å². The molecule has 14 nitrogen and oxygen atoms in total. The molecule has 4 aromatic rings. The topological polar surface area (TPSA) is 152 Å². The van der Waals surface area contributed by atoms with E-state index in [-0.39, 0.29) is 23.6 Å². The number of rotatable bonds is 10. The van der Waals surface area contributed by atoms with Gasteiger partial charge in [-0.25, -0.2) is 9.79 Å². The summed E-state index contributed by atoms with van der Waals surface area (Å²) in [6, 6.07) is 11.5. The number of amidine groups is 1. The minimum atomic E-state index is -0.363. The van der Waals surface area contributed by atoms with Crippen LogP contribution in [0.1, 0.15) is 82.6 Å². The first-order valence-electron chi connectivity index (χ1n) is 18.9. The van der Waals surface area contributed by atoms with Gasteiger partial charge in [0.1, 0.15) is 23.4 Å². The molecule has 14 heteroatoms. The number of carbonyl (C=O) groups excluding carboxylic acids is 1. The fraction of sp³-hybridized carbons (Fsp3) is 0.513. The van der Waals surface area contributed by atoms with Crippen LogP contribution in [0.15, 0.2) is 71.8 Å². The third kappa shape index (κ3) is 8.82. The highest BCUT2D eigenvalue weighted by Gasteiger charge is 2.30. The first-order chi connectivity index (χ1) is 25.6. The maximum Gasteiger partial charge on any atom is 0.320 e. The Hall–Kier alpha value is -4.95. The largest absolute Gasteiger partial charge is 0.484 e. The quantitative estimate of drug-likeness (QED) is 0.142. The second-order valence-corrected chi connectivity index (χ2v) is 15.4. The van der Waals surface area contributed by atoms with Gasteiger partial charge in [0.05, 0.1) is 37.3 Å². The lowest BCUT2D eigenvalue weighted by atomic mass is 9.85. The fourth-order valence-corrected chi connectivity index (χ4v) is 7.30. The van der Waals surface area contributed by atoms with E-state index in [4.69, 9.17) is 20.2 Å². The number of amides is 2. The van der Waals surface area contributed by atoms with Crippen LogP contribution in [-0.2, 0) is 11.3 Å². The highest BCUT2D eigenvalue weighted by Crippen LogP contribution is 2.39. The average molecular weight is 724 g/mol. The molecule has 0 radical (unpaired) electrons. The Bertz CT molecular complexity index is 1940. The molecule has 3 atom stereocenters. The van der Waals surface area contributed by atoms with Crippen molar-refractivity contribution in [2.75, 3.05) is 44.7 Å². The van der Waals surface area contributed by atoms with Gasteiger partial charge in [0.25, 0.3) is 0 Å². The van der Waals surface area contributed by atoms with Crippen LogP contribution in [0.4, 0.5) is 16.4 Å². The molecule has 282 valence electrons. The summed E-state index contributed by atoms with van der Waals surface area (Å²) in [5.41, 5.74) is 10.3. The highest BCUT2D eigenvalue weighted by molar-refractivity contribution is 6.05. The molecule has 1 aromatic carbocycles. The van der Waals surface area contributed by atoms with Gasteiger partial charge in [-0.1, -0.05) is 45.0 Å². The number of hydrogen-bond acceptors (Lipinski definition) is 10. The van der Waals surface area contributed by atoms with E-state index in [9.17, 15) is 4.79 Å². The van der Waals surface area contributed by atoms with Gasteiger partial charge in [0.15, 0.2) is 5.65 Å². The van der Waals surface area contributed by atoms with E-state index < -0.39 is 0 Å². The average Bonchev–Trinajstić information content (AvgIpc) is 3.92. The van der Waals surface area contributed by atoms with Crippen molar-refractivity contribution >= 4 is 29.1 Å². The number of ether oxygens (including phenoxy) is 2. The molecule has 3 aliphatic rings. The molecule has 3 unspecified atom stereocenters. The van der Waals surface area contributed by atoms with Gasteiger partial charge in [0, 0.05) is 57.0 Å². The number of aliphatic imine (C=N–C) groups is 1. The van der Waals surface area contributed by atoms with Gasteiger partial charge in [0.2, 0.25) is 5.95 Å². The highest BCUT2D eigenvalue weighted by atomic mass is 16.5. The number of pyridine rings is 1. The summed E-state index contributed by atoms with van der Waals surface area (Å²) in [4.78, 5) is 23.1. The summed E-state index contributed by atoms with van der Waals surface area (Å²) >= 11 is 0. The van der Waals surface area contributed by atoms with Crippen LogP contribution in [0, 0.1) is 5.41 Å². The molecule has 5 heterocycles. The summed E-state index contributed by atoms with van der Waals surface area (Å²) in [6.07, 6.45) is 13.5. The summed E-state index contributed by atoms with van der Waals surface area (Å²) in [5, 5.41) is 19.6. The van der Waals surface area contributed by atoms with E-state index in [1.165, 1.54) is 6.42 Å². The van der Waals surface area contributed by atoms with Crippen LogP contribution in [0.3, 0.4) is 0 Å². The Morgan fingerprint density at radius 3 is 2.58 bits per heavy atom. The number of fused-ring (bicyclic) bond motifs is 2. The molecular weight excluding hydrogens is 671 g/mol. The summed E-state index contributed by atoms with van der Waals surface area (Å²) < 4.78 is 16.0. The lowest BCUT2D eigenvalue weighted by molar-refractivity contribution is 0.107. The van der Waals surface area contributed by atoms with Crippen LogP contribution in [0.25, 0.3) is 5.65 Å². The van der Waals surface area contributed by atoms with E-state index in [1.54, 1.807) is 19.4 Å². The monoisotopic (exact) mass is 723 g/mol. The minimum absolute atomic E-state index is 0.172. The Labute approximate surface area is 311 Å². The lowest BCUT2D eigenvalue weighted by Gasteiger charge is -2.32. The molecule has 0 bridgehead atoms. The van der Waals surface area contributed by atoms with E-state index in [2.05, 4.69) is 47.9 Å². The number of hydrogen-bond donors (Lipinski definition) is 3. The Morgan fingerprint density at radius 2 is 1.81 bits per heavy atom. The van der Waals surface area contributed by atoms with Gasteiger partial charge >= 0.3 is 6.03 Å². The summed E-state index contributed by atoms with van der Waals surface area (Å²) in [5.74, 6) is 1.96. The van der Waals surface area contributed by atoms with Crippen LogP contribution >= 0.6 is 0 Å². The molecule has 2 fully saturated rings. The standard InChI is InChI=1S/C39H53N11O3/c1-39(2,3)34(40)22-35(42-27-23-41-49(24-27)21-20-47-19-16-28(25-47)52-4)44-37(51)43-32-13-14-33(31-11-7-6-10-30(31)32)53-29-12-15-36-45-46-38(50(36)26-29)48-17-8-5-9-18-48/h6-7,10-12,15,22-24,26,28,32-33H,5,8-9,13-14,16-21,25,40H2,1-4H3,(H2,42,43,44,51). The smallest absolute Gasteiger partial charge is 0.320 e. The second-order valence-electron chi connectivity index (χ2n) is 15.4. The first-order valence-corrected chi connectivity index (χ1v) is 18.9. The van der Waals surface area contributed by atoms with Crippen molar-refractivity contribution in [3.8, 4) is 5.75 Å². The van der Waals surface area contributed by atoms with Crippen LogP contribution < -0.4 is 26.0 Å². The van der Waals surface area contributed by atoms with Gasteiger partial charge < -0.3 is 25.4 Å². The Kier molecular flexibility index (Phi) is 11.0. The van der Waals surface area contributed by atoms with Gasteiger partial charge in [-0.3, -0.25) is 19.3 Å². The van der Waals surface area contributed by atoms with Crippen LogP contribution in [0.2, 0.25) is 0 Å². The number of likely N-dealkylation sites (tertiary alicyclic amines) is 1. The third-order valence-electron chi connectivity index (χ3n) is 10.5. The van der Waals surface area contributed by atoms with Crippen LogP contribution in [-0.4, -0.2) is 87.1 Å². The molecular formula is C39H53N11O3. The molecule has 2 amide bonds. The SMILES string of the molecule is COC1CCN(CCn2cc(N=C(C=C(N)C(C)(C)C)NC(=O)NC3CCC(Oc4ccc5nnc(N6CCCCC6)n5c4)c4ccccc43)cn2)C1. The zero-order chi connectivity index (χ0) is 37.0. The van der Waals surface area contributed by atoms with Crippen molar-refractivity contribution in [2.24, 2.45) is 16.1 Å². The number of aromatic nitrogens is 5. The zero-order valence-corrected chi connectivity index (χ0v) is 31.4. The van der Waals surface area contributed by atoms with Crippen molar-refractivity contribution in [1.82, 2.24) is 39.9 Å². The van der Waals surface area contributed by atoms with E-state index >= 15 is 0 Å². The third-order valence-corrected chi connectivity index (χ3v) is 10.5. The molecule has 3 aromatic heterocycles. The predicted molar refractivity (Wildman–Crippen MR) is 205 cm³/mol. The summed E-state index contributed by atoms with van der Waals surface area (Å²) in [6.45, 7) is 11.6. The number of nitrogens with one attached hydrogen (secondary N) is 2.